The molecule has 1 aromatic carbocycles. The molecule has 1 heterocycles. The fourth-order valence-corrected chi connectivity index (χ4v) is 3.27. The third kappa shape index (κ3) is 4.35. The maximum Gasteiger partial charge on any atom is 0.247 e. The predicted octanol–water partition coefficient (Wildman–Crippen LogP) is 5.03. The second-order valence-electron chi connectivity index (χ2n) is 5.87. The molecule has 1 saturated carbocycles. The smallest absolute Gasteiger partial charge is 0.247 e. The number of rotatable bonds is 5. The van der Waals surface area contributed by atoms with Gasteiger partial charge in [-0.15, -0.1) is 0 Å². The number of hydrogen-bond acceptors (Lipinski definition) is 2. The lowest BCUT2D eigenvalue weighted by Gasteiger charge is -2.27. The molecule has 0 bridgehead atoms. The van der Waals surface area contributed by atoms with Crippen molar-refractivity contribution in [3.05, 3.63) is 64.5 Å². The van der Waals surface area contributed by atoms with Crippen LogP contribution in [-0.2, 0) is 11.3 Å². The lowest BCUT2D eigenvalue weighted by molar-refractivity contribution is -0.129. The average Bonchev–Trinajstić information content (AvgIpc) is 3.25. The Kier molecular flexibility index (Phi) is 5.34. The van der Waals surface area contributed by atoms with Gasteiger partial charge in [0.2, 0.25) is 5.91 Å². The SMILES string of the molecule is O=C(/C=C/c1ccc(Br)cc1)N(Cc1ccco1)C1CCCC1. The van der Waals surface area contributed by atoms with E-state index in [9.17, 15) is 4.79 Å². The van der Waals surface area contributed by atoms with E-state index in [0.717, 1.165) is 28.6 Å². The van der Waals surface area contributed by atoms with Crippen LogP contribution in [0.25, 0.3) is 6.08 Å². The zero-order valence-corrected chi connectivity index (χ0v) is 14.5. The highest BCUT2D eigenvalue weighted by atomic mass is 79.9. The lowest BCUT2D eigenvalue weighted by Crippen LogP contribution is -2.37. The van der Waals surface area contributed by atoms with E-state index in [0.29, 0.717) is 12.6 Å². The number of hydrogen-bond donors (Lipinski definition) is 0. The monoisotopic (exact) mass is 373 g/mol. The van der Waals surface area contributed by atoms with Crippen LogP contribution in [0.3, 0.4) is 0 Å². The van der Waals surface area contributed by atoms with E-state index >= 15 is 0 Å². The van der Waals surface area contributed by atoms with Gasteiger partial charge in [0.05, 0.1) is 12.8 Å². The Balaban J connectivity index is 1.72. The molecule has 0 radical (unpaired) electrons. The first-order valence-corrected chi connectivity index (χ1v) is 8.78. The molecular formula is C19H20BrNO2. The molecule has 0 unspecified atom stereocenters. The molecule has 0 aliphatic heterocycles. The van der Waals surface area contributed by atoms with E-state index in [-0.39, 0.29) is 5.91 Å². The van der Waals surface area contributed by atoms with Gasteiger partial charge < -0.3 is 9.32 Å². The maximum absolute atomic E-state index is 12.7. The molecule has 23 heavy (non-hydrogen) atoms. The molecule has 120 valence electrons. The van der Waals surface area contributed by atoms with Crippen molar-refractivity contribution in [3.8, 4) is 0 Å². The van der Waals surface area contributed by atoms with E-state index in [2.05, 4.69) is 15.9 Å². The summed E-state index contributed by atoms with van der Waals surface area (Å²) in [5, 5.41) is 0. The fraction of sp³-hybridized carbons (Fsp3) is 0.316. The van der Waals surface area contributed by atoms with Crippen molar-refractivity contribution in [2.75, 3.05) is 0 Å². The molecule has 0 saturated heterocycles. The first-order chi connectivity index (χ1) is 11.2. The largest absolute Gasteiger partial charge is 0.467 e. The van der Waals surface area contributed by atoms with Crippen molar-refractivity contribution in [1.29, 1.82) is 0 Å². The summed E-state index contributed by atoms with van der Waals surface area (Å²) in [4.78, 5) is 14.6. The Bertz CT molecular complexity index is 655. The number of amides is 1. The quantitative estimate of drug-likeness (QED) is 0.688. The average molecular weight is 374 g/mol. The summed E-state index contributed by atoms with van der Waals surface area (Å²) >= 11 is 3.42. The van der Waals surface area contributed by atoms with Gasteiger partial charge in [-0.2, -0.15) is 0 Å². The summed E-state index contributed by atoms with van der Waals surface area (Å²) in [7, 11) is 0. The summed E-state index contributed by atoms with van der Waals surface area (Å²) < 4.78 is 6.46. The second-order valence-corrected chi connectivity index (χ2v) is 6.78. The standard InChI is InChI=1S/C19H20BrNO2/c20-16-10-7-15(8-11-16)9-12-19(22)21(17-4-1-2-5-17)14-18-6-3-13-23-18/h3,6-13,17H,1-2,4-5,14H2/b12-9+. The molecule has 1 fully saturated rings. The molecule has 3 nitrogen and oxygen atoms in total. The maximum atomic E-state index is 12.7. The van der Waals surface area contributed by atoms with Gasteiger partial charge >= 0.3 is 0 Å². The van der Waals surface area contributed by atoms with Crippen LogP contribution in [0.5, 0.6) is 0 Å². The summed E-state index contributed by atoms with van der Waals surface area (Å²) in [5.74, 6) is 0.888. The van der Waals surface area contributed by atoms with Crippen molar-refractivity contribution >= 4 is 27.9 Å². The molecule has 4 heteroatoms. The molecule has 3 rings (SSSR count). The first-order valence-electron chi connectivity index (χ1n) is 7.99. The number of furan rings is 1. The minimum absolute atomic E-state index is 0.0521. The molecule has 1 aromatic heterocycles. The minimum Gasteiger partial charge on any atom is -0.467 e. The van der Waals surface area contributed by atoms with Gasteiger partial charge in [0.1, 0.15) is 5.76 Å². The van der Waals surface area contributed by atoms with E-state index in [1.165, 1.54) is 12.8 Å². The van der Waals surface area contributed by atoms with E-state index < -0.39 is 0 Å². The third-order valence-corrected chi connectivity index (χ3v) is 4.77. The van der Waals surface area contributed by atoms with E-state index in [4.69, 9.17) is 4.42 Å². The number of carbonyl (C=O) groups excluding carboxylic acids is 1. The highest BCUT2D eigenvalue weighted by molar-refractivity contribution is 9.10. The minimum atomic E-state index is 0.0521. The number of benzene rings is 1. The molecule has 2 aromatic rings. The summed E-state index contributed by atoms with van der Waals surface area (Å²) in [6, 6.07) is 12.0. The molecule has 0 atom stereocenters. The van der Waals surface area contributed by atoms with Gasteiger partial charge in [0, 0.05) is 16.6 Å². The summed E-state index contributed by atoms with van der Waals surface area (Å²) in [5.41, 5.74) is 1.02. The molecule has 1 amide bonds. The fourth-order valence-electron chi connectivity index (χ4n) is 3.01. The van der Waals surface area contributed by atoms with Crippen LogP contribution in [0, 0.1) is 0 Å². The molecule has 0 N–H and O–H groups in total. The van der Waals surface area contributed by atoms with Crippen molar-refractivity contribution < 1.29 is 9.21 Å². The second kappa shape index (κ2) is 7.64. The predicted molar refractivity (Wildman–Crippen MR) is 94.7 cm³/mol. The molecule has 1 aliphatic carbocycles. The Hall–Kier alpha value is -1.81. The Morgan fingerprint density at radius 2 is 1.96 bits per heavy atom. The van der Waals surface area contributed by atoms with Gasteiger partial charge in [-0.3, -0.25) is 4.79 Å². The van der Waals surface area contributed by atoms with Gasteiger partial charge in [-0.1, -0.05) is 40.9 Å². The first kappa shape index (κ1) is 16.1. The highest BCUT2D eigenvalue weighted by Crippen LogP contribution is 2.25. The van der Waals surface area contributed by atoms with Crippen molar-refractivity contribution in [1.82, 2.24) is 4.90 Å². The Morgan fingerprint density at radius 1 is 1.22 bits per heavy atom. The molecule has 1 aliphatic rings. The highest BCUT2D eigenvalue weighted by Gasteiger charge is 2.26. The third-order valence-electron chi connectivity index (χ3n) is 4.24. The Morgan fingerprint density at radius 3 is 2.61 bits per heavy atom. The topological polar surface area (TPSA) is 33.5 Å². The normalized spacial score (nSPS) is 15.3. The molecular weight excluding hydrogens is 354 g/mol. The van der Waals surface area contributed by atoms with Crippen LogP contribution in [0.4, 0.5) is 0 Å². The van der Waals surface area contributed by atoms with E-state index in [1.54, 1.807) is 12.3 Å². The van der Waals surface area contributed by atoms with Crippen LogP contribution < -0.4 is 0 Å². The number of carbonyl (C=O) groups is 1. The Labute approximate surface area is 145 Å². The number of halogens is 1. The van der Waals surface area contributed by atoms with Gasteiger partial charge in [-0.25, -0.2) is 0 Å². The van der Waals surface area contributed by atoms with Crippen molar-refractivity contribution in [3.63, 3.8) is 0 Å². The van der Waals surface area contributed by atoms with Crippen LogP contribution in [0.1, 0.15) is 37.0 Å². The van der Waals surface area contributed by atoms with Crippen molar-refractivity contribution in [2.45, 2.75) is 38.3 Å². The van der Waals surface area contributed by atoms with Gasteiger partial charge in [-0.05, 0) is 48.7 Å². The summed E-state index contributed by atoms with van der Waals surface area (Å²) in [6.07, 6.45) is 9.76. The number of nitrogens with zero attached hydrogens (tertiary/aromatic N) is 1. The van der Waals surface area contributed by atoms with Crippen LogP contribution >= 0.6 is 15.9 Å². The lowest BCUT2D eigenvalue weighted by atomic mass is 10.1. The van der Waals surface area contributed by atoms with Gasteiger partial charge in [0.25, 0.3) is 0 Å². The zero-order valence-electron chi connectivity index (χ0n) is 13.0. The summed E-state index contributed by atoms with van der Waals surface area (Å²) in [6.45, 7) is 0.543. The van der Waals surface area contributed by atoms with Crippen LogP contribution in [0.2, 0.25) is 0 Å². The van der Waals surface area contributed by atoms with Crippen LogP contribution in [0.15, 0.2) is 57.6 Å². The van der Waals surface area contributed by atoms with Crippen molar-refractivity contribution in [2.24, 2.45) is 0 Å². The zero-order chi connectivity index (χ0) is 16.1. The van der Waals surface area contributed by atoms with Gasteiger partial charge in [0.15, 0.2) is 0 Å². The van der Waals surface area contributed by atoms with Crippen LogP contribution in [-0.4, -0.2) is 16.8 Å². The van der Waals surface area contributed by atoms with E-state index in [1.807, 2.05) is 47.4 Å². The molecule has 0 spiro atoms.